The molecule has 0 atom stereocenters. The van der Waals surface area contributed by atoms with E-state index in [-0.39, 0.29) is 17.6 Å². The van der Waals surface area contributed by atoms with Crippen LogP contribution in [0.2, 0.25) is 0 Å². The monoisotopic (exact) mass is 456 g/mol. The van der Waals surface area contributed by atoms with Crippen LogP contribution in [0.15, 0.2) is 77.8 Å². The summed E-state index contributed by atoms with van der Waals surface area (Å²) >= 11 is 0. The first-order valence-corrected chi connectivity index (χ1v) is 11.2. The van der Waals surface area contributed by atoms with E-state index in [4.69, 9.17) is 4.99 Å². The fourth-order valence-electron chi connectivity index (χ4n) is 4.26. The van der Waals surface area contributed by atoms with Gasteiger partial charge in [0, 0.05) is 42.7 Å². The summed E-state index contributed by atoms with van der Waals surface area (Å²) in [7, 11) is 2.06. The van der Waals surface area contributed by atoms with Crippen molar-refractivity contribution in [1.82, 2.24) is 14.8 Å². The molecular weight excluding hydrogens is 431 g/mol. The van der Waals surface area contributed by atoms with E-state index < -0.39 is 0 Å². The van der Waals surface area contributed by atoms with Crippen LogP contribution in [-0.2, 0) is 0 Å². The lowest BCUT2D eigenvalue weighted by Crippen LogP contribution is -2.47. The summed E-state index contributed by atoms with van der Waals surface area (Å²) in [5, 5.41) is 11.4. The first-order valence-electron chi connectivity index (χ1n) is 11.2. The molecule has 1 amide bonds. The van der Waals surface area contributed by atoms with E-state index in [1.807, 2.05) is 35.2 Å². The van der Waals surface area contributed by atoms with Crippen LogP contribution < -0.4 is 0 Å². The number of aromatic amines is 1. The van der Waals surface area contributed by atoms with Crippen molar-refractivity contribution in [2.45, 2.75) is 0 Å². The van der Waals surface area contributed by atoms with Gasteiger partial charge in [-0.15, -0.1) is 0 Å². The number of nitrogens with one attached hydrogen (secondary N) is 1. The molecule has 7 heteroatoms. The number of hydrogen-bond acceptors (Lipinski definition) is 4. The summed E-state index contributed by atoms with van der Waals surface area (Å²) in [5.41, 5.74) is 3.61. The number of aliphatic imine (C=N–C) groups is 1. The molecule has 6 nitrogen and oxygen atoms in total. The Morgan fingerprint density at radius 3 is 2.35 bits per heavy atom. The number of piperazine rings is 1. The smallest absolute Gasteiger partial charge is 0.253 e. The lowest BCUT2D eigenvalue weighted by atomic mass is 10.0. The second-order valence-corrected chi connectivity index (χ2v) is 8.51. The van der Waals surface area contributed by atoms with Gasteiger partial charge < -0.3 is 19.9 Å². The number of carbonyl (C=O) groups is 1. The van der Waals surface area contributed by atoms with E-state index in [1.54, 1.807) is 30.3 Å². The number of amides is 1. The van der Waals surface area contributed by atoms with Crippen molar-refractivity contribution in [3.63, 3.8) is 0 Å². The maximum atomic E-state index is 13.7. The minimum Gasteiger partial charge on any atom is -0.494 e. The van der Waals surface area contributed by atoms with E-state index in [1.165, 1.54) is 12.1 Å². The van der Waals surface area contributed by atoms with Crippen LogP contribution in [0.4, 0.5) is 10.1 Å². The van der Waals surface area contributed by atoms with E-state index in [0.717, 1.165) is 18.7 Å². The molecule has 34 heavy (non-hydrogen) atoms. The molecule has 0 bridgehead atoms. The molecule has 0 spiro atoms. The van der Waals surface area contributed by atoms with Crippen molar-refractivity contribution in [2.24, 2.45) is 4.99 Å². The molecule has 172 valence electrons. The number of benzene rings is 3. The number of halogens is 1. The summed E-state index contributed by atoms with van der Waals surface area (Å²) in [5.74, 6) is -0.451. The molecule has 0 saturated carbocycles. The average Bonchev–Trinajstić information content (AvgIpc) is 3.18. The summed E-state index contributed by atoms with van der Waals surface area (Å²) in [4.78, 5) is 24.6. The van der Waals surface area contributed by atoms with Gasteiger partial charge in [-0.1, -0.05) is 30.3 Å². The Kier molecular flexibility index (Phi) is 5.86. The van der Waals surface area contributed by atoms with Crippen LogP contribution in [-0.4, -0.2) is 64.7 Å². The SMILES string of the molecule is CN1CCN(C(=O)c2ccc(N=C(c3ccccc3)c3c(O)[nH]c4cc(F)ccc34)cc2)CC1. The predicted molar refractivity (Wildman–Crippen MR) is 132 cm³/mol. The number of aromatic hydroxyl groups is 1. The number of likely N-dealkylation sites (N-methyl/N-ethyl adjacent to an activating group) is 1. The highest BCUT2D eigenvalue weighted by molar-refractivity contribution is 6.21. The fraction of sp³-hybridized carbons (Fsp3) is 0.185. The lowest BCUT2D eigenvalue weighted by Gasteiger charge is -2.32. The van der Waals surface area contributed by atoms with Gasteiger partial charge in [0.25, 0.3) is 5.91 Å². The highest BCUT2D eigenvalue weighted by atomic mass is 19.1. The second kappa shape index (κ2) is 9.11. The summed E-state index contributed by atoms with van der Waals surface area (Å²) < 4.78 is 13.7. The Morgan fingerprint density at radius 2 is 1.65 bits per heavy atom. The van der Waals surface area contributed by atoms with Gasteiger partial charge in [0.1, 0.15) is 5.82 Å². The molecular formula is C27H25FN4O2. The minimum absolute atomic E-state index is 0.0169. The van der Waals surface area contributed by atoms with Crippen LogP contribution >= 0.6 is 0 Å². The topological polar surface area (TPSA) is 71.9 Å². The zero-order valence-corrected chi connectivity index (χ0v) is 18.8. The molecule has 1 fully saturated rings. The van der Waals surface area contributed by atoms with Crippen molar-refractivity contribution >= 4 is 28.2 Å². The number of aromatic nitrogens is 1. The normalized spacial score (nSPS) is 15.1. The molecule has 5 rings (SSSR count). The quantitative estimate of drug-likeness (QED) is 0.442. The van der Waals surface area contributed by atoms with Crippen molar-refractivity contribution in [2.75, 3.05) is 33.2 Å². The Balaban J connectivity index is 1.52. The number of nitrogens with zero attached hydrogens (tertiary/aromatic N) is 3. The van der Waals surface area contributed by atoms with Gasteiger partial charge in [-0.2, -0.15) is 0 Å². The maximum absolute atomic E-state index is 13.7. The second-order valence-electron chi connectivity index (χ2n) is 8.51. The highest BCUT2D eigenvalue weighted by Gasteiger charge is 2.21. The Labute approximate surface area is 197 Å². The van der Waals surface area contributed by atoms with Gasteiger partial charge in [-0.3, -0.25) is 4.79 Å². The molecule has 1 aromatic heterocycles. The largest absolute Gasteiger partial charge is 0.494 e. The van der Waals surface area contributed by atoms with Crippen LogP contribution in [0.3, 0.4) is 0 Å². The minimum atomic E-state index is -0.390. The van der Waals surface area contributed by atoms with Crippen molar-refractivity contribution in [1.29, 1.82) is 0 Å². The van der Waals surface area contributed by atoms with Gasteiger partial charge in [0.05, 0.1) is 22.5 Å². The summed E-state index contributed by atoms with van der Waals surface area (Å²) in [6.07, 6.45) is 0. The highest BCUT2D eigenvalue weighted by Crippen LogP contribution is 2.32. The van der Waals surface area contributed by atoms with Crippen molar-refractivity contribution in [3.05, 3.63) is 95.3 Å². The predicted octanol–water partition coefficient (Wildman–Crippen LogP) is 4.57. The van der Waals surface area contributed by atoms with E-state index in [0.29, 0.717) is 46.5 Å². The van der Waals surface area contributed by atoms with Gasteiger partial charge in [-0.25, -0.2) is 9.38 Å². The Hall–Kier alpha value is -3.97. The number of H-pyrrole nitrogens is 1. The molecule has 3 aromatic carbocycles. The fourth-order valence-corrected chi connectivity index (χ4v) is 4.26. The molecule has 4 aromatic rings. The molecule has 2 heterocycles. The number of fused-ring (bicyclic) bond motifs is 1. The Morgan fingerprint density at radius 1 is 0.941 bits per heavy atom. The van der Waals surface area contributed by atoms with E-state index in [2.05, 4.69) is 16.9 Å². The van der Waals surface area contributed by atoms with E-state index in [9.17, 15) is 14.3 Å². The number of carbonyl (C=O) groups excluding carboxylic acids is 1. The molecule has 0 radical (unpaired) electrons. The van der Waals surface area contributed by atoms with Crippen molar-refractivity contribution < 1.29 is 14.3 Å². The number of hydrogen-bond donors (Lipinski definition) is 2. The third-order valence-electron chi connectivity index (χ3n) is 6.17. The summed E-state index contributed by atoms with van der Waals surface area (Å²) in [6.45, 7) is 3.17. The molecule has 1 aliphatic heterocycles. The molecule has 1 saturated heterocycles. The third kappa shape index (κ3) is 4.30. The zero-order valence-electron chi connectivity index (χ0n) is 18.8. The van der Waals surface area contributed by atoms with Crippen LogP contribution in [0.1, 0.15) is 21.5 Å². The Bertz CT molecular complexity index is 1350. The maximum Gasteiger partial charge on any atom is 0.253 e. The first kappa shape index (κ1) is 21.9. The van der Waals surface area contributed by atoms with Gasteiger partial charge >= 0.3 is 0 Å². The first-order chi connectivity index (χ1) is 16.5. The molecule has 1 aliphatic rings. The van der Waals surface area contributed by atoms with Crippen LogP contribution in [0, 0.1) is 5.82 Å². The lowest BCUT2D eigenvalue weighted by molar-refractivity contribution is 0.0664. The standard InChI is InChI=1S/C27H25FN4O2/c1-31-13-15-32(16-14-31)27(34)19-7-10-21(11-8-19)29-25(18-5-3-2-4-6-18)24-22-12-9-20(28)17-23(22)30-26(24)33/h2-12,17,30,33H,13-16H2,1H3. The average molecular weight is 457 g/mol. The third-order valence-corrected chi connectivity index (χ3v) is 6.17. The molecule has 2 N–H and O–H groups in total. The van der Waals surface area contributed by atoms with Crippen LogP contribution in [0.5, 0.6) is 5.88 Å². The number of rotatable bonds is 4. The molecule has 0 aliphatic carbocycles. The zero-order chi connectivity index (χ0) is 23.7. The van der Waals surface area contributed by atoms with Gasteiger partial charge in [-0.05, 0) is 49.5 Å². The van der Waals surface area contributed by atoms with Crippen molar-refractivity contribution in [3.8, 4) is 5.88 Å². The van der Waals surface area contributed by atoms with Crippen LogP contribution in [0.25, 0.3) is 10.9 Å². The van der Waals surface area contributed by atoms with Gasteiger partial charge in [0.15, 0.2) is 5.88 Å². The molecule has 0 unspecified atom stereocenters. The van der Waals surface area contributed by atoms with Gasteiger partial charge in [0.2, 0.25) is 0 Å². The summed E-state index contributed by atoms with van der Waals surface area (Å²) in [6, 6.07) is 21.0. The van der Waals surface area contributed by atoms with E-state index >= 15 is 0 Å².